The Bertz CT molecular complexity index is 406. The Balaban J connectivity index is 2.08. The number of amides is 1. The van der Waals surface area contributed by atoms with Crippen molar-refractivity contribution in [1.82, 2.24) is 4.90 Å². The molecular formula is C13H15ClINO. The normalized spacial score (nSPS) is 24.8. The molecule has 17 heavy (non-hydrogen) atoms. The van der Waals surface area contributed by atoms with Gasteiger partial charge in [-0.3, -0.25) is 4.79 Å². The number of benzene rings is 1. The summed E-state index contributed by atoms with van der Waals surface area (Å²) in [5.41, 5.74) is 0.754. The summed E-state index contributed by atoms with van der Waals surface area (Å²) in [6, 6.07) is 7.67. The van der Waals surface area contributed by atoms with Crippen molar-refractivity contribution in [2.45, 2.75) is 18.7 Å². The minimum atomic E-state index is 0.0801. The molecule has 1 heterocycles. The van der Waals surface area contributed by atoms with Crippen LogP contribution in [0.15, 0.2) is 24.3 Å². The summed E-state index contributed by atoms with van der Waals surface area (Å²) in [6.07, 6.45) is 0.990. The summed E-state index contributed by atoms with van der Waals surface area (Å²) in [5, 5.41) is 0.0801. The molecular weight excluding hydrogens is 349 g/mol. The van der Waals surface area contributed by atoms with Crippen LogP contribution in [0.5, 0.6) is 0 Å². The van der Waals surface area contributed by atoms with Gasteiger partial charge in [-0.2, -0.15) is 0 Å². The molecule has 2 nitrogen and oxygen atoms in total. The van der Waals surface area contributed by atoms with E-state index >= 15 is 0 Å². The Hall–Kier alpha value is -0.290. The monoisotopic (exact) mass is 363 g/mol. The van der Waals surface area contributed by atoms with E-state index in [4.69, 9.17) is 11.6 Å². The van der Waals surface area contributed by atoms with Gasteiger partial charge in [-0.1, -0.05) is 6.92 Å². The van der Waals surface area contributed by atoms with E-state index in [1.165, 1.54) is 0 Å². The SMILES string of the molecule is CC1CCN(C(=O)c2ccc(I)cc2)CC1Cl. The molecule has 0 N–H and O–H groups in total. The molecule has 0 radical (unpaired) electrons. The topological polar surface area (TPSA) is 20.3 Å². The number of halogens is 2. The van der Waals surface area contributed by atoms with Gasteiger partial charge in [0.25, 0.3) is 5.91 Å². The van der Waals surface area contributed by atoms with Gasteiger partial charge in [0.1, 0.15) is 0 Å². The highest BCUT2D eigenvalue weighted by atomic mass is 127. The van der Waals surface area contributed by atoms with Crippen molar-refractivity contribution in [3.63, 3.8) is 0 Å². The van der Waals surface area contributed by atoms with Gasteiger partial charge in [0.15, 0.2) is 0 Å². The zero-order chi connectivity index (χ0) is 12.4. The molecule has 92 valence electrons. The van der Waals surface area contributed by atoms with Crippen LogP contribution in [0.2, 0.25) is 0 Å². The molecule has 0 aromatic heterocycles. The fraction of sp³-hybridized carbons (Fsp3) is 0.462. The number of hydrogen-bond acceptors (Lipinski definition) is 1. The predicted molar refractivity (Wildman–Crippen MR) is 78.5 cm³/mol. The quantitative estimate of drug-likeness (QED) is 0.553. The molecule has 1 aliphatic heterocycles. The van der Waals surface area contributed by atoms with Gasteiger partial charge < -0.3 is 4.90 Å². The lowest BCUT2D eigenvalue weighted by Gasteiger charge is -2.34. The van der Waals surface area contributed by atoms with Gasteiger partial charge in [-0.25, -0.2) is 0 Å². The number of hydrogen-bond donors (Lipinski definition) is 0. The smallest absolute Gasteiger partial charge is 0.253 e. The van der Waals surface area contributed by atoms with Crippen LogP contribution in [0.25, 0.3) is 0 Å². The van der Waals surface area contributed by atoms with Gasteiger partial charge in [0, 0.05) is 22.2 Å². The molecule has 1 saturated heterocycles. The molecule has 0 bridgehead atoms. The third-order valence-electron chi connectivity index (χ3n) is 3.24. The van der Waals surface area contributed by atoms with Gasteiger partial charge in [-0.05, 0) is 59.2 Å². The van der Waals surface area contributed by atoms with Crippen LogP contribution in [0.3, 0.4) is 0 Å². The first-order valence-corrected chi connectivity index (χ1v) is 7.28. The second-order valence-electron chi connectivity index (χ2n) is 4.54. The Morgan fingerprint density at radius 2 is 2.06 bits per heavy atom. The van der Waals surface area contributed by atoms with E-state index in [0.29, 0.717) is 12.5 Å². The van der Waals surface area contributed by atoms with Gasteiger partial charge in [0.05, 0.1) is 5.38 Å². The molecule has 1 aromatic carbocycles. The van der Waals surface area contributed by atoms with Crippen molar-refractivity contribution in [1.29, 1.82) is 0 Å². The molecule has 0 saturated carbocycles. The Labute approximate surface area is 120 Å². The molecule has 1 amide bonds. The van der Waals surface area contributed by atoms with Crippen molar-refractivity contribution in [2.75, 3.05) is 13.1 Å². The number of carbonyl (C=O) groups is 1. The van der Waals surface area contributed by atoms with Crippen LogP contribution in [0.1, 0.15) is 23.7 Å². The van der Waals surface area contributed by atoms with Crippen LogP contribution in [0.4, 0.5) is 0 Å². The second kappa shape index (κ2) is 5.57. The number of piperidine rings is 1. The molecule has 2 rings (SSSR count). The van der Waals surface area contributed by atoms with Crippen LogP contribution in [0, 0.1) is 9.49 Å². The number of alkyl halides is 1. The van der Waals surface area contributed by atoms with Crippen molar-refractivity contribution < 1.29 is 4.79 Å². The lowest BCUT2D eigenvalue weighted by molar-refractivity contribution is 0.0701. The van der Waals surface area contributed by atoms with Gasteiger partial charge in [-0.15, -0.1) is 11.6 Å². The summed E-state index contributed by atoms with van der Waals surface area (Å²) < 4.78 is 1.14. The highest BCUT2D eigenvalue weighted by Crippen LogP contribution is 2.23. The average molecular weight is 364 g/mol. The second-order valence-corrected chi connectivity index (χ2v) is 6.35. The minimum absolute atomic E-state index is 0.0801. The maximum atomic E-state index is 12.2. The summed E-state index contributed by atoms with van der Waals surface area (Å²) in [6.45, 7) is 3.62. The summed E-state index contributed by atoms with van der Waals surface area (Å²) in [5.74, 6) is 0.594. The van der Waals surface area contributed by atoms with E-state index in [0.717, 1.165) is 22.1 Å². The number of rotatable bonds is 1. The maximum Gasteiger partial charge on any atom is 0.253 e. The van der Waals surface area contributed by atoms with Crippen molar-refractivity contribution >= 4 is 40.1 Å². The van der Waals surface area contributed by atoms with Crippen LogP contribution < -0.4 is 0 Å². The number of likely N-dealkylation sites (tertiary alicyclic amines) is 1. The van der Waals surface area contributed by atoms with Crippen molar-refractivity contribution in [3.05, 3.63) is 33.4 Å². The van der Waals surface area contributed by atoms with Gasteiger partial charge in [0.2, 0.25) is 0 Å². The highest BCUT2D eigenvalue weighted by molar-refractivity contribution is 14.1. The summed E-state index contributed by atoms with van der Waals surface area (Å²) in [4.78, 5) is 14.1. The third kappa shape index (κ3) is 3.13. The molecule has 4 heteroatoms. The lowest BCUT2D eigenvalue weighted by atomic mass is 9.98. The van der Waals surface area contributed by atoms with Crippen LogP contribution in [-0.4, -0.2) is 29.3 Å². The lowest BCUT2D eigenvalue weighted by Crippen LogP contribution is -2.43. The zero-order valence-electron chi connectivity index (χ0n) is 9.70. The van der Waals surface area contributed by atoms with Gasteiger partial charge >= 0.3 is 0 Å². The van der Waals surface area contributed by atoms with Crippen molar-refractivity contribution in [3.8, 4) is 0 Å². The first kappa shape index (κ1) is 13.1. The molecule has 1 aliphatic rings. The molecule has 1 fully saturated rings. The van der Waals surface area contributed by atoms with Crippen LogP contribution >= 0.6 is 34.2 Å². The maximum absolute atomic E-state index is 12.2. The molecule has 1 aromatic rings. The first-order chi connectivity index (χ1) is 8.08. The first-order valence-electron chi connectivity index (χ1n) is 5.77. The van der Waals surface area contributed by atoms with E-state index < -0.39 is 0 Å². The Kier molecular flexibility index (Phi) is 4.31. The van der Waals surface area contributed by atoms with E-state index in [9.17, 15) is 4.79 Å². The number of nitrogens with zero attached hydrogens (tertiary/aromatic N) is 1. The van der Waals surface area contributed by atoms with E-state index in [2.05, 4.69) is 29.5 Å². The van der Waals surface area contributed by atoms with Crippen LogP contribution in [-0.2, 0) is 0 Å². The standard InChI is InChI=1S/C13H15ClINO/c1-9-6-7-16(8-12(9)14)13(17)10-2-4-11(15)5-3-10/h2-5,9,12H,6-8H2,1H3. The number of carbonyl (C=O) groups excluding carboxylic acids is 1. The largest absolute Gasteiger partial charge is 0.337 e. The minimum Gasteiger partial charge on any atom is -0.337 e. The van der Waals surface area contributed by atoms with Crippen molar-refractivity contribution in [2.24, 2.45) is 5.92 Å². The van der Waals surface area contributed by atoms with E-state index in [1.807, 2.05) is 29.2 Å². The molecule has 0 spiro atoms. The summed E-state index contributed by atoms with van der Waals surface area (Å²) >= 11 is 8.46. The molecule has 2 unspecified atom stereocenters. The highest BCUT2D eigenvalue weighted by Gasteiger charge is 2.27. The van der Waals surface area contributed by atoms with E-state index in [1.54, 1.807) is 0 Å². The Morgan fingerprint density at radius 3 is 2.65 bits per heavy atom. The van der Waals surface area contributed by atoms with E-state index in [-0.39, 0.29) is 11.3 Å². The molecule has 0 aliphatic carbocycles. The zero-order valence-corrected chi connectivity index (χ0v) is 12.6. The Morgan fingerprint density at radius 1 is 1.41 bits per heavy atom. The average Bonchev–Trinajstić information content (AvgIpc) is 2.33. The summed E-state index contributed by atoms with van der Waals surface area (Å²) in [7, 11) is 0. The predicted octanol–water partition coefficient (Wildman–Crippen LogP) is 3.38. The fourth-order valence-corrected chi connectivity index (χ4v) is 2.63. The fourth-order valence-electron chi connectivity index (χ4n) is 1.98. The molecule has 2 atom stereocenters. The third-order valence-corrected chi connectivity index (χ3v) is 4.53.